The minimum Gasteiger partial charge on any atom is -0.480 e. The van der Waals surface area contributed by atoms with Crippen LogP contribution in [-0.2, 0) is 4.79 Å². The minimum atomic E-state index is -1.09. The summed E-state index contributed by atoms with van der Waals surface area (Å²) in [5, 5.41) is 14.5. The number of anilines is 1. The molecule has 1 aromatic rings. The highest BCUT2D eigenvalue weighted by Gasteiger charge is 2.24. The van der Waals surface area contributed by atoms with Crippen LogP contribution in [0.1, 0.15) is 30.1 Å². The number of benzene rings is 1. The Morgan fingerprint density at radius 3 is 2.78 bits per heavy atom. The van der Waals surface area contributed by atoms with Crippen molar-refractivity contribution in [2.24, 2.45) is 0 Å². The Morgan fingerprint density at radius 1 is 1.48 bits per heavy atom. The zero-order chi connectivity index (χ0) is 17.0. The molecule has 3 amide bonds. The summed E-state index contributed by atoms with van der Waals surface area (Å²) in [5.41, 5.74) is 0.683. The number of carbonyl (C=O) groups excluding carboxylic acids is 2. The van der Waals surface area contributed by atoms with Gasteiger partial charge in [0.1, 0.15) is 6.04 Å². The van der Waals surface area contributed by atoms with Gasteiger partial charge in [-0.05, 0) is 24.6 Å². The molecule has 124 valence electrons. The number of halogens is 1. The van der Waals surface area contributed by atoms with Crippen molar-refractivity contribution < 1.29 is 19.5 Å². The second-order valence-corrected chi connectivity index (χ2v) is 5.61. The van der Waals surface area contributed by atoms with E-state index in [1.54, 1.807) is 6.07 Å². The monoisotopic (exact) mass is 339 g/mol. The molecule has 0 aromatic heterocycles. The van der Waals surface area contributed by atoms with Gasteiger partial charge < -0.3 is 15.7 Å². The summed E-state index contributed by atoms with van der Waals surface area (Å²) >= 11 is 6.05. The predicted molar refractivity (Wildman–Crippen MR) is 86.0 cm³/mol. The molecule has 7 nitrogen and oxygen atoms in total. The summed E-state index contributed by atoms with van der Waals surface area (Å²) in [5.74, 6) is -1.66. The normalized spacial score (nSPS) is 15.2. The Morgan fingerprint density at radius 2 is 2.22 bits per heavy atom. The number of carbonyl (C=O) groups is 3. The van der Waals surface area contributed by atoms with Crippen LogP contribution in [0.15, 0.2) is 18.2 Å². The number of rotatable bonds is 6. The van der Waals surface area contributed by atoms with Crippen LogP contribution in [0.25, 0.3) is 0 Å². The maximum atomic E-state index is 12.3. The number of urea groups is 1. The molecule has 23 heavy (non-hydrogen) atoms. The van der Waals surface area contributed by atoms with E-state index in [1.807, 2.05) is 6.92 Å². The van der Waals surface area contributed by atoms with Crippen LogP contribution in [0.5, 0.6) is 0 Å². The van der Waals surface area contributed by atoms with E-state index in [4.69, 9.17) is 16.7 Å². The largest absolute Gasteiger partial charge is 0.480 e. The number of amides is 3. The van der Waals surface area contributed by atoms with E-state index in [0.29, 0.717) is 31.6 Å². The number of carboxylic acid groups (broad SMARTS) is 1. The van der Waals surface area contributed by atoms with Crippen molar-refractivity contribution >= 4 is 35.2 Å². The first-order valence-corrected chi connectivity index (χ1v) is 7.70. The van der Waals surface area contributed by atoms with Crippen LogP contribution >= 0.6 is 11.6 Å². The third-order valence-corrected chi connectivity index (χ3v) is 3.87. The molecule has 1 aliphatic rings. The number of hydrogen-bond donors (Lipinski definition) is 3. The molecule has 1 heterocycles. The van der Waals surface area contributed by atoms with Crippen molar-refractivity contribution in [2.45, 2.75) is 25.8 Å². The van der Waals surface area contributed by atoms with Gasteiger partial charge in [0.15, 0.2) is 0 Å². The summed E-state index contributed by atoms with van der Waals surface area (Å²) in [7, 11) is 0. The van der Waals surface area contributed by atoms with Gasteiger partial charge in [-0.25, -0.2) is 9.59 Å². The molecule has 1 fully saturated rings. The first-order chi connectivity index (χ1) is 10.9. The third-order valence-electron chi connectivity index (χ3n) is 3.54. The van der Waals surface area contributed by atoms with Gasteiger partial charge in [0.05, 0.1) is 10.6 Å². The molecule has 1 unspecified atom stereocenters. The average molecular weight is 340 g/mol. The van der Waals surface area contributed by atoms with Crippen molar-refractivity contribution in [2.75, 3.05) is 18.0 Å². The molecule has 1 aromatic carbocycles. The van der Waals surface area contributed by atoms with Crippen LogP contribution in [0.4, 0.5) is 10.5 Å². The smallest absolute Gasteiger partial charge is 0.326 e. The molecule has 8 heteroatoms. The molecule has 1 saturated heterocycles. The van der Waals surface area contributed by atoms with E-state index >= 15 is 0 Å². The van der Waals surface area contributed by atoms with Gasteiger partial charge in [-0.3, -0.25) is 9.69 Å². The van der Waals surface area contributed by atoms with Gasteiger partial charge >= 0.3 is 12.0 Å². The Balaban J connectivity index is 2.22. The van der Waals surface area contributed by atoms with Gasteiger partial charge in [-0.2, -0.15) is 0 Å². The fraction of sp³-hybridized carbons (Fsp3) is 0.400. The SMILES string of the molecule is CCCC(NC(=O)c1cc(N2CCNC2=O)ccc1Cl)C(=O)O. The van der Waals surface area contributed by atoms with E-state index in [2.05, 4.69) is 10.6 Å². The molecule has 0 bridgehead atoms. The minimum absolute atomic E-state index is 0.145. The van der Waals surface area contributed by atoms with Crippen molar-refractivity contribution in [3.8, 4) is 0 Å². The number of nitrogens with one attached hydrogen (secondary N) is 2. The molecule has 0 aliphatic carbocycles. The highest BCUT2D eigenvalue weighted by molar-refractivity contribution is 6.34. The lowest BCUT2D eigenvalue weighted by Gasteiger charge is -2.17. The van der Waals surface area contributed by atoms with E-state index in [1.165, 1.54) is 17.0 Å². The van der Waals surface area contributed by atoms with Crippen molar-refractivity contribution in [1.29, 1.82) is 0 Å². The van der Waals surface area contributed by atoms with Gasteiger partial charge in [-0.15, -0.1) is 0 Å². The van der Waals surface area contributed by atoms with E-state index < -0.39 is 17.9 Å². The fourth-order valence-electron chi connectivity index (χ4n) is 2.36. The summed E-state index contributed by atoms with van der Waals surface area (Å²) in [6.07, 6.45) is 0.950. The zero-order valence-corrected chi connectivity index (χ0v) is 13.4. The second-order valence-electron chi connectivity index (χ2n) is 5.20. The third kappa shape index (κ3) is 3.92. The second kappa shape index (κ2) is 7.32. The molecule has 1 atom stereocenters. The zero-order valence-electron chi connectivity index (χ0n) is 12.6. The van der Waals surface area contributed by atoms with Crippen LogP contribution in [-0.4, -0.2) is 42.1 Å². The first kappa shape index (κ1) is 17.1. The number of aliphatic carboxylic acids is 1. The lowest BCUT2D eigenvalue weighted by Crippen LogP contribution is -2.40. The summed E-state index contributed by atoms with van der Waals surface area (Å²) in [4.78, 5) is 36.7. The van der Waals surface area contributed by atoms with E-state index in [0.717, 1.165) is 0 Å². The standard InChI is InChI=1S/C15H18ClN3O4/c1-2-3-12(14(21)22)18-13(20)10-8-9(4-5-11(10)16)19-7-6-17-15(19)23/h4-5,8,12H,2-3,6-7H2,1H3,(H,17,23)(H,18,20)(H,21,22). The van der Waals surface area contributed by atoms with Crippen LogP contribution in [0.2, 0.25) is 5.02 Å². The molecule has 3 N–H and O–H groups in total. The molecule has 0 saturated carbocycles. The highest BCUT2D eigenvalue weighted by atomic mass is 35.5. The van der Waals surface area contributed by atoms with Crippen molar-refractivity contribution in [1.82, 2.24) is 10.6 Å². The Hall–Kier alpha value is -2.28. The van der Waals surface area contributed by atoms with Crippen molar-refractivity contribution in [3.63, 3.8) is 0 Å². The van der Waals surface area contributed by atoms with Gasteiger partial charge in [0, 0.05) is 18.8 Å². The maximum Gasteiger partial charge on any atom is 0.326 e. The summed E-state index contributed by atoms with van der Waals surface area (Å²) < 4.78 is 0. The molecule has 1 aliphatic heterocycles. The number of carboxylic acids is 1. The van der Waals surface area contributed by atoms with Gasteiger partial charge in [0.2, 0.25) is 0 Å². The topological polar surface area (TPSA) is 98.7 Å². The average Bonchev–Trinajstić information content (AvgIpc) is 2.93. The molecule has 0 spiro atoms. The van der Waals surface area contributed by atoms with E-state index in [9.17, 15) is 14.4 Å². The lowest BCUT2D eigenvalue weighted by molar-refractivity contribution is -0.139. The lowest BCUT2D eigenvalue weighted by atomic mass is 10.1. The van der Waals surface area contributed by atoms with Crippen LogP contribution in [0, 0.1) is 0 Å². The molecular formula is C15H18ClN3O4. The Bertz CT molecular complexity index is 635. The highest BCUT2D eigenvalue weighted by Crippen LogP contribution is 2.24. The first-order valence-electron chi connectivity index (χ1n) is 7.32. The summed E-state index contributed by atoms with van der Waals surface area (Å²) in [6.45, 7) is 2.86. The van der Waals surface area contributed by atoms with Crippen LogP contribution < -0.4 is 15.5 Å². The van der Waals surface area contributed by atoms with E-state index in [-0.39, 0.29) is 16.6 Å². The molecular weight excluding hydrogens is 322 g/mol. The maximum absolute atomic E-state index is 12.3. The Labute approximate surface area is 138 Å². The summed E-state index contributed by atoms with van der Waals surface area (Å²) in [6, 6.07) is 3.45. The van der Waals surface area contributed by atoms with Gasteiger partial charge in [-0.1, -0.05) is 24.9 Å². The number of nitrogens with zero attached hydrogens (tertiary/aromatic N) is 1. The van der Waals surface area contributed by atoms with Crippen LogP contribution in [0.3, 0.4) is 0 Å². The number of hydrogen-bond acceptors (Lipinski definition) is 3. The predicted octanol–water partition coefficient (Wildman–Crippen LogP) is 1.85. The fourth-order valence-corrected chi connectivity index (χ4v) is 2.56. The van der Waals surface area contributed by atoms with Gasteiger partial charge in [0.25, 0.3) is 5.91 Å². The quantitative estimate of drug-likeness (QED) is 0.736. The molecule has 2 rings (SSSR count). The van der Waals surface area contributed by atoms with Crippen molar-refractivity contribution in [3.05, 3.63) is 28.8 Å². The Kier molecular flexibility index (Phi) is 5.44. The molecule has 0 radical (unpaired) electrons.